The fraction of sp³-hybridized carbons (Fsp3) is 0.529. The van der Waals surface area contributed by atoms with Gasteiger partial charge in [-0.3, -0.25) is 14.5 Å². The van der Waals surface area contributed by atoms with E-state index in [0.717, 1.165) is 37.9 Å². The summed E-state index contributed by atoms with van der Waals surface area (Å²) in [6, 6.07) is 9.38. The van der Waals surface area contributed by atoms with Crippen LogP contribution in [0.2, 0.25) is 0 Å². The molecule has 0 unspecified atom stereocenters. The summed E-state index contributed by atoms with van der Waals surface area (Å²) in [4.78, 5) is 26.4. The highest BCUT2D eigenvalue weighted by Crippen LogP contribution is 2.27. The van der Waals surface area contributed by atoms with E-state index in [4.69, 9.17) is 4.74 Å². The number of piperidine rings is 1. The van der Waals surface area contributed by atoms with E-state index in [9.17, 15) is 9.59 Å². The standard InChI is InChI=1S/C17H21NO3/c1-12-11-15(17(20)21-12)18-9-7-14(8-10-18)16(19)13-5-3-2-4-6-13/h2-6,12,14-15H,7-11H2,1H3/t12-,15+/m1/s1. The lowest BCUT2D eigenvalue weighted by Gasteiger charge is -2.33. The van der Waals surface area contributed by atoms with Crippen molar-refractivity contribution in [3.63, 3.8) is 0 Å². The number of ether oxygens (including phenoxy) is 1. The van der Waals surface area contributed by atoms with E-state index in [1.165, 1.54) is 0 Å². The van der Waals surface area contributed by atoms with Gasteiger partial charge in [-0.05, 0) is 32.9 Å². The monoisotopic (exact) mass is 287 g/mol. The smallest absolute Gasteiger partial charge is 0.323 e. The van der Waals surface area contributed by atoms with Gasteiger partial charge in [0.15, 0.2) is 5.78 Å². The van der Waals surface area contributed by atoms with E-state index in [0.29, 0.717) is 0 Å². The minimum Gasteiger partial charge on any atom is -0.461 e. The molecule has 2 aliphatic heterocycles. The van der Waals surface area contributed by atoms with Crippen LogP contribution >= 0.6 is 0 Å². The number of carbonyl (C=O) groups is 2. The van der Waals surface area contributed by atoms with Crippen molar-refractivity contribution in [2.75, 3.05) is 13.1 Å². The van der Waals surface area contributed by atoms with Gasteiger partial charge in [-0.15, -0.1) is 0 Å². The van der Waals surface area contributed by atoms with Crippen LogP contribution in [0, 0.1) is 5.92 Å². The lowest BCUT2D eigenvalue weighted by atomic mass is 9.88. The number of carbonyl (C=O) groups excluding carboxylic acids is 2. The Balaban J connectivity index is 1.58. The van der Waals surface area contributed by atoms with Gasteiger partial charge in [-0.2, -0.15) is 0 Å². The summed E-state index contributed by atoms with van der Waals surface area (Å²) in [7, 11) is 0. The van der Waals surface area contributed by atoms with Crippen molar-refractivity contribution in [3.8, 4) is 0 Å². The SMILES string of the molecule is C[C@@H]1C[C@H](N2CCC(C(=O)c3ccccc3)CC2)C(=O)O1. The van der Waals surface area contributed by atoms with Gasteiger partial charge in [-0.25, -0.2) is 0 Å². The van der Waals surface area contributed by atoms with Crippen LogP contribution < -0.4 is 0 Å². The average Bonchev–Trinajstić information content (AvgIpc) is 2.86. The molecule has 4 heteroatoms. The zero-order valence-corrected chi connectivity index (χ0v) is 12.3. The molecule has 0 spiro atoms. The maximum absolute atomic E-state index is 12.4. The number of nitrogens with zero attached hydrogens (tertiary/aromatic N) is 1. The first-order valence-corrected chi connectivity index (χ1v) is 7.69. The first kappa shape index (κ1) is 14.3. The minimum absolute atomic E-state index is 0.0196. The molecule has 2 heterocycles. The van der Waals surface area contributed by atoms with E-state index >= 15 is 0 Å². The highest BCUT2D eigenvalue weighted by atomic mass is 16.6. The molecule has 0 radical (unpaired) electrons. The third kappa shape index (κ3) is 3.00. The van der Waals surface area contributed by atoms with Crippen LogP contribution in [0.1, 0.15) is 36.5 Å². The number of esters is 1. The Bertz CT molecular complexity index is 520. The van der Waals surface area contributed by atoms with Crippen LogP contribution in [0.25, 0.3) is 0 Å². The molecular formula is C17H21NO3. The summed E-state index contributed by atoms with van der Waals surface area (Å²) in [6.07, 6.45) is 2.44. The number of benzene rings is 1. The molecule has 2 atom stereocenters. The van der Waals surface area contributed by atoms with Crippen molar-refractivity contribution in [1.82, 2.24) is 4.90 Å². The molecule has 112 valence electrons. The largest absolute Gasteiger partial charge is 0.461 e. The number of ketones is 1. The molecule has 2 aliphatic rings. The Kier molecular flexibility index (Phi) is 4.06. The van der Waals surface area contributed by atoms with Crippen molar-refractivity contribution in [3.05, 3.63) is 35.9 Å². The Morgan fingerprint density at radius 3 is 2.43 bits per heavy atom. The number of cyclic esters (lactones) is 1. The molecule has 0 saturated carbocycles. The maximum Gasteiger partial charge on any atom is 0.323 e. The number of hydrogen-bond acceptors (Lipinski definition) is 4. The predicted octanol–water partition coefficient (Wildman–Crippen LogP) is 2.29. The number of rotatable bonds is 3. The normalized spacial score (nSPS) is 27.6. The lowest BCUT2D eigenvalue weighted by molar-refractivity contribution is -0.145. The van der Waals surface area contributed by atoms with Crippen LogP contribution in [-0.2, 0) is 9.53 Å². The molecule has 0 bridgehead atoms. The predicted molar refractivity (Wildman–Crippen MR) is 79.0 cm³/mol. The second-order valence-electron chi connectivity index (χ2n) is 6.04. The number of hydrogen-bond donors (Lipinski definition) is 0. The van der Waals surface area contributed by atoms with E-state index < -0.39 is 0 Å². The molecule has 21 heavy (non-hydrogen) atoms. The molecule has 1 aromatic carbocycles. The summed E-state index contributed by atoms with van der Waals surface area (Å²) in [5, 5.41) is 0. The fourth-order valence-corrected chi connectivity index (χ4v) is 3.35. The molecule has 0 aliphatic carbocycles. The fourth-order valence-electron chi connectivity index (χ4n) is 3.35. The lowest BCUT2D eigenvalue weighted by Crippen LogP contribution is -2.44. The first-order chi connectivity index (χ1) is 10.1. The van der Waals surface area contributed by atoms with Gasteiger partial charge < -0.3 is 4.74 Å². The van der Waals surface area contributed by atoms with Crippen LogP contribution in [0.15, 0.2) is 30.3 Å². The van der Waals surface area contributed by atoms with Gasteiger partial charge in [0.25, 0.3) is 0 Å². The van der Waals surface area contributed by atoms with E-state index in [1.807, 2.05) is 37.3 Å². The molecule has 2 fully saturated rings. The van der Waals surface area contributed by atoms with Gasteiger partial charge in [-0.1, -0.05) is 30.3 Å². The van der Waals surface area contributed by atoms with Crippen molar-refractivity contribution < 1.29 is 14.3 Å². The molecule has 1 aromatic rings. The van der Waals surface area contributed by atoms with E-state index in [1.54, 1.807) is 0 Å². The van der Waals surface area contributed by atoms with Gasteiger partial charge in [0.05, 0.1) is 0 Å². The molecule has 0 N–H and O–H groups in total. The number of Topliss-reactive ketones (excluding diaryl/α,β-unsaturated/α-hetero) is 1. The third-order valence-corrected chi connectivity index (χ3v) is 4.54. The molecule has 0 aromatic heterocycles. The van der Waals surface area contributed by atoms with Crippen LogP contribution in [-0.4, -0.2) is 41.9 Å². The maximum atomic E-state index is 12.4. The highest BCUT2D eigenvalue weighted by molar-refractivity contribution is 5.97. The summed E-state index contributed by atoms with van der Waals surface area (Å²) >= 11 is 0. The Morgan fingerprint density at radius 2 is 1.86 bits per heavy atom. The molecule has 0 amide bonds. The zero-order valence-electron chi connectivity index (χ0n) is 12.3. The van der Waals surface area contributed by atoms with E-state index in [-0.39, 0.29) is 29.8 Å². The zero-order chi connectivity index (χ0) is 14.8. The Hall–Kier alpha value is -1.68. The van der Waals surface area contributed by atoms with Crippen LogP contribution in [0.5, 0.6) is 0 Å². The second kappa shape index (κ2) is 5.98. The van der Waals surface area contributed by atoms with Crippen molar-refractivity contribution in [2.24, 2.45) is 5.92 Å². The summed E-state index contributed by atoms with van der Waals surface area (Å²) < 4.78 is 5.22. The average molecular weight is 287 g/mol. The third-order valence-electron chi connectivity index (χ3n) is 4.54. The van der Waals surface area contributed by atoms with Gasteiger partial charge in [0.1, 0.15) is 12.1 Å². The summed E-state index contributed by atoms with van der Waals surface area (Å²) in [5.74, 6) is 0.214. The van der Waals surface area contributed by atoms with Gasteiger partial charge >= 0.3 is 5.97 Å². The molecule has 3 rings (SSSR count). The first-order valence-electron chi connectivity index (χ1n) is 7.69. The topological polar surface area (TPSA) is 46.6 Å². The molecular weight excluding hydrogens is 266 g/mol. The summed E-state index contributed by atoms with van der Waals surface area (Å²) in [6.45, 7) is 3.54. The Labute approximate surface area is 125 Å². The second-order valence-corrected chi connectivity index (χ2v) is 6.04. The highest BCUT2D eigenvalue weighted by Gasteiger charge is 2.38. The van der Waals surface area contributed by atoms with Gasteiger partial charge in [0, 0.05) is 17.9 Å². The molecule has 2 saturated heterocycles. The number of likely N-dealkylation sites (tertiary alicyclic amines) is 1. The van der Waals surface area contributed by atoms with Crippen LogP contribution in [0.3, 0.4) is 0 Å². The summed E-state index contributed by atoms with van der Waals surface area (Å²) in [5.41, 5.74) is 0.796. The quantitative estimate of drug-likeness (QED) is 0.632. The Morgan fingerprint density at radius 1 is 1.19 bits per heavy atom. The van der Waals surface area contributed by atoms with E-state index in [2.05, 4.69) is 4.90 Å². The van der Waals surface area contributed by atoms with Crippen LogP contribution in [0.4, 0.5) is 0 Å². The van der Waals surface area contributed by atoms with Crippen molar-refractivity contribution in [2.45, 2.75) is 38.3 Å². The van der Waals surface area contributed by atoms with Gasteiger partial charge in [0.2, 0.25) is 0 Å². The molecule has 4 nitrogen and oxygen atoms in total. The van der Waals surface area contributed by atoms with Crippen molar-refractivity contribution in [1.29, 1.82) is 0 Å². The minimum atomic E-state index is -0.104. The van der Waals surface area contributed by atoms with Crippen molar-refractivity contribution >= 4 is 11.8 Å².